The number of hydrogen-bond acceptors (Lipinski definition) is 6. The highest BCUT2D eigenvalue weighted by Gasteiger charge is 2.17. The highest BCUT2D eigenvalue weighted by Crippen LogP contribution is 2.18. The number of fused-ring (bicyclic) bond motifs is 1. The first kappa shape index (κ1) is 22.8. The third-order valence-electron chi connectivity index (χ3n) is 5.61. The zero-order valence-corrected chi connectivity index (χ0v) is 19.3. The van der Waals surface area contributed by atoms with Crippen molar-refractivity contribution in [2.75, 3.05) is 7.05 Å². The van der Waals surface area contributed by atoms with Gasteiger partial charge in [-0.3, -0.25) is 4.79 Å². The van der Waals surface area contributed by atoms with Crippen molar-refractivity contribution in [3.8, 4) is 0 Å². The molecule has 0 saturated heterocycles. The van der Waals surface area contributed by atoms with Gasteiger partial charge in [-0.15, -0.1) is 5.10 Å². The Morgan fingerprint density at radius 2 is 1.79 bits per heavy atom. The first-order valence-electron chi connectivity index (χ1n) is 10.8. The molecule has 0 bridgehead atoms. The molecule has 2 heterocycles. The Kier molecular flexibility index (Phi) is 6.66. The Balaban J connectivity index is 1.51. The van der Waals surface area contributed by atoms with E-state index in [1.54, 1.807) is 16.8 Å². The Labute approximate surface area is 191 Å². The SMILES string of the molecule is CNS(=O)(=O)c1ccc(Cc2nc3c(nnn3C(C)CCCc3ccccc3)c(=O)[nH]2)cc1. The van der Waals surface area contributed by atoms with E-state index < -0.39 is 10.0 Å². The molecule has 2 aromatic heterocycles. The highest BCUT2D eigenvalue weighted by molar-refractivity contribution is 7.89. The molecule has 9 nitrogen and oxygen atoms in total. The predicted octanol–water partition coefficient (Wildman–Crippen LogP) is 2.60. The summed E-state index contributed by atoms with van der Waals surface area (Å²) in [5.74, 6) is 0.469. The molecule has 33 heavy (non-hydrogen) atoms. The molecule has 0 saturated carbocycles. The summed E-state index contributed by atoms with van der Waals surface area (Å²) in [4.78, 5) is 20.1. The molecule has 0 fully saturated rings. The molecule has 2 aromatic carbocycles. The van der Waals surface area contributed by atoms with Crippen LogP contribution in [0.2, 0.25) is 0 Å². The van der Waals surface area contributed by atoms with Gasteiger partial charge in [0.05, 0.1) is 10.9 Å². The topological polar surface area (TPSA) is 123 Å². The number of H-pyrrole nitrogens is 1. The quantitative estimate of drug-likeness (QED) is 0.391. The van der Waals surface area contributed by atoms with Gasteiger partial charge >= 0.3 is 0 Å². The fraction of sp³-hybridized carbons (Fsp3) is 0.304. The zero-order valence-electron chi connectivity index (χ0n) is 18.5. The monoisotopic (exact) mass is 466 g/mol. The summed E-state index contributed by atoms with van der Waals surface area (Å²) >= 11 is 0. The molecule has 1 atom stereocenters. The van der Waals surface area contributed by atoms with Gasteiger partial charge in [0.15, 0.2) is 11.2 Å². The second kappa shape index (κ2) is 9.63. The summed E-state index contributed by atoms with van der Waals surface area (Å²) < 4.78 is 27.8. The molecule has 0 radical (unpaired) electrons. The molecule has 4 rings (SSSR count). The van der Waals surface area contributed by atoms with Gasteiger partial charge in [-0.1, -0.05) is 47.7 Å². The summed E-state index contributed by atoms with van der Waals surface area (Å²) in [6, 6.07) is 16.8. The van der Waals surface area contributed by atoms with E-state index in [1.165, 1.54) is 24.7 Å². The molecule has 0 aliphatic carbocycles. The van der Waals surface area contributed by atoms with Crippen LogP contribution in [0.1, 0.15) is 42.8 Å². The van der Waals surface area contributed by atoms with Crippen LogP contribution in [0.3, 0.4) is 0 Å². The molecule has 2 N–H and O–H groups in total. The minimum Gasteiger partial charge on any atom is -0.308 e. The number of aromatic amines is 1. The number of rotatable bonds is 9. The van der Waals surface area contributed by atoms with Crippen molar-refractivity contribution in [3.63, 3.8) is 0 Å². The van der Waals surface area contributed by atoms with Crippen molar-refractivity contribution < 1.29 is 8.42 Å². The van der Waals surface area contributed by atoms with E-state index in [0.29, 0.717) is 17.9 Å². The van der Waals surface area contributed by atoms with Crippen molar-refractivity contribution in [3.05, 3.63) is 81.9 Å². The predicted molar refractivity (Wildman–Crippen MR) is 126 cm³/mol. The molecular weight excluding hydrogens is 440 g/mol. The van der Waals surface area contributed by atoms with Crippen LogP contribution in [0.4, 0.5) is 0 Å². The lowest BCUT2D eigenvalue weighted by molar-refractivity contribution is 0.444. The van der Waals surface area contributed by atoms with Gasteiger partial charge in [-0.05, 0) is 56.5 Å². The van der Waals surface area contributed by atoms with Crippen LogP contribution in [0.25, 0.3) is 11.2 Å². The molecule has 0 amide bonds. The van der Waals surface area contributed by atoms with E-state index in [0.717, 1.165) is 24.8 Å². The summed E-state index contributed by atoms with van der Waals surface area (Å²) in [6.45, 7) is 2.04. The van der Waals surface area contributed by atoms with Crippen LogP contribution in [0.15, 0.2) is 64.3 Å². The van der Waals surface area contributed by atoms with Crippen molar-refractivity contribution >= 4 is 21.2 Å². The molecule has 4 aromatic rings. The normalized spacial score (nSPS) is 12.8. The van der Waals surface area contributed by atoms with Gasteiger partial charge in [0, 0.05) is 6.42 Å². The average Bonchev–Trinajstić information content (AvgIpc) is 3.25. The van der Waals surface area contributed by atoms with E-state index in [9.17, 15) is 13.2 Å². The number of aromatic nitrogens is 5. The van der Waals surface area contributed by atoms with Crippen molar-refractivity contribution in [1.82, 2.24) is 29.7 Å². The van der Waals surface area contributed by atoms with Gasteiger partial charge in [0.2, 0.25) is 10.0 Å². The number of hydrogen-bond donors (Lipinski definition) is 2. The van der Waals surface area contributed by atoms with Crippen LogP contribution >= 0.6 is 0 Å². The van der Waals surface area contributed by atoms with E-state index >= 15 is 0 Å². The minimum atomic E-state index is -3.50. The zero-order chi connectivity index (χ0) is 23.4. The molecule has 0 spiro atoms. The molecule has 0 aliphatic heterocycles. The average molecular weight is 467 g/mol. The standard InChI is InChI=1S/C23H26N6O3S/c1-16(7-6-10-17-8-4-3-5-9-17)29-22-21(27-28-29)23(30)26-20(25-22)15-18-11-13-19(14-12-18)33(31,32)24-2/h3-5,8-9,11-14,16,24H,6-7,10,15H2,1-2H3,(H,25,26,30). The molecular formula is C23H26N6O3S. The van der Waals surface area contributed by atoms with Crippen molar-refractivity contribution in [2.24, 2.45) is 0 Å². The molecule has 10 heteroatoms. The Morgan fingerprint density at radius 3 is 2.48 bits per heavy atom. The van der Waals surface area contributed by atoms with Crippen molar-refractivity contribution in [1.29, 1.82) is 0 Å². The first-order chi connectivity index (χ1) is 15.9. The van der Waals surface area contributed by atoms with Gasteiger partial charge in [0.25, 0.3) is 5.56 Å². The van der Waals surface area contributed by atoms with Crippen LogP contribution in [0.5, 0.6) is 0 Å². The van der Waals surface area contributed by atoms with Crippen LogP contribution in [0, 0.1) is 0 Å². The van der Waals surface area contributed by atoms with Crippen molar-refractivity contribution in [2.45, 2.75) is 43.5 Å². The van der Waals surface area contributed by atoms with Crippen LogP contribution in [-0.2, 0) is 22.9 Å². The van der Waals surface area contributed by atoms with Crippen LogP contribution in [-0.4, -0.2) is 40.4 Å². The maximum atomic E-state index is 12.6. The summed E-state index contributed by atoms with van der Waals surface area (Å²) in [5.41, 5.74) is 2.44. The van der Waals surface area contributed by atoms with Gasteiger partial charge in [0.1, 0.15) is 5.82 Å². The van der Waals surface area contributed by atoms with Gasteiger partial charge < -0.3 is 4.98 Å². The van der Waals surface area contributed by atoms with Crippen LogP contribution < -0.4 is 10.3 Å². The fourth-order valence-electron chi connectivity index (χ4n) is 3.73. The molecule has 0 aliphatic rings. The largest absolute Gasteiger partial charge is 0.308 e. The number of nitrogens with one attached hydrogen (secondary N) is 2. The van der Waals surface area contributed by atoms with Gasteiger partial charge in [-0.25, -0.2) is 22.8 Å². The van der Waals surface area contributed by atoms with E-state index in [2.05, 4.69) is 37.1 Å². The van der Waals surface area contributed by atoms with E-state index in [1.807, 2.05) is 25.1 Å². The second-order valence-corrected chi connectivity index (χ2v) is 9.86. The fourth-order valence-corrected chi connectivity index (χ4v) is 4.46. The molecule has 172 valence electrons. The lowest BCUT2D eigenvalue weighted by atomic mass is 10.1. The Bertz CT molecular complexity index is 1400. The number of sulfonamides is 1. The number of aryl methyl sites for hydroxylation is 1. The summed E-state index contributed by atoms with van der Waals surface area (Å²) in [7, 11) is -2.13. The summed E-state index contributed by atoms with van der Waals surface area (Å²) in [6.07, 6.45) is 3.16. The van der Waals surface area contributed by atoms with E-state index in [-0.39, 0.29) is 22.0 Å². The number of benzene rings is 2. The Morgan fingerprint density at radius 1 is 1.06 bits per heavy atom. The number of nitrogens with zero attached hydrogens (tertiary/aromatic N) is 4. The summed E-state index contributed by atoms with van der Waals surface area (Å²) in [5, 5.41) is 8.22. The lowest BCUT2D eigenvalue weighted by Gasteiger charge is -2.12. The van der Waals surface area contributed by atoms with E-state index in [4.69, 9.17) is 0 Å². The first-order valence-corrected chi connectivity index (χ1v) is 12.3. The third kappa shape index (κ3) is 5.18. The smallest absolute Gasteiger partial charge is 0.281 e. The minimum absolute atomic E-state index is 0.0342. The maximum absolute atomic E-state index is 12.6. The lowest BCUT2D eigenvalue weighted by Crippen LogP contribution is -2.18. The Hall–Kier alpha value is -3.37. The molecule has 1 unspecified atom stereocenters. The third-order valence-corrected chi connectivity index (χ3v) is 7.04. The second-order valence-electron chi connectivity index (χ2n) is 7.97. The van der Waals surface area contributed by atoms with Gasteiger partial charge in [-0.2, -0.15) is 0 Å². The maximum Gasteiger partial charge on any atom is 0.281 e. The highest BCUT2D eigenvalue weighted by atomic mass is 32.2.